The van der Waals surface area contributed by atoms with Crippen LogP contribution in [0.15, 0.2) is 12.1 Å². The van der Waals surface area contributed by atoms with Crippen molar-refractivity contribution in [3.8, 4) is 5.75 Å². The van der Waals surface area contributed by atoms with Gasteiger partial charge in [-0.3, -0.25) is 0 Å². The molecule has 3 heteroatoms. The van der Waals surface area contributed by atoms with Crippen LogP contribution in [0.5, 0.6) is 5.75 Å². The Hall–Kier alpha value is -1.09. The molecule has 1 fully saturated rings. The molecular weight excluding hydrogens is 315 g/mol. The van der Waals surface area contributed by atoms with E-state index in [0.29, 0.717) is 23.7 Å². The molecule has 1 heterocycles. The Balaban J connectivity index is 1.65. The zero-order valence-electron chi connectivity index (χ0n) is 15.8. The Morgan fingerprint density at radius 2 is 1.88 bits per heavy atom. The third kappa shape index (κ3) is 4.36. The average molecular weight is 349 g/mol. The lowest BCUT2D eigenvalue weighted by Gasteiger charge is -2.37. The van der Waals surface area contributed by atoms with E-state index in [9.17, 15) is 9.50 Å². The molecule has 25 heavy (non-hydrogen) atoms. The second-order valence-corrected chi connectivity index (χ2v) is 8.05. The lowest BCUT2D eigenvalue weighted by Crippen LogP contribution is -2.33. The summed E-state index contributed by atoms with van der Waals surface area (Å²) < 4.78 is 20.6. The van der Waals surface area contributed by atoms with Gasteiger partial charge in [0.05, 0.1) is 6.10 Å². The van der Waals surface area contributed by atoms with Crippen LogP contribution in [0.1, 0.15) is 88.9 Å². The standard InChI is InChI=1S/C22H33FO2/c1-3-5-15-7-9-16(10-8-15)21-12-11-17-13-18(20(24)6-4-2)19(23)14-22(17)25-21/h13-16,20-21,24H,3-12H2,1-2H3. The smallest absolute Gasteiger partial charge is 0.132 e. The largest absolute Gasteiger partial charge is 0.490 e. The van der Waals surface area contributed by atoms with Gasteiger partial charge < -0.3 is 9.84 Å². The van der Waals surface area contributed by atoms with Crippen LogP contribution in [0.3, 0.4) is 0 Å². The summed E-state index contributed by atoms with van der Waals surface area (Å²) in [6, 6.07) is 3.35. The third-order valence-electron chi connectivity index (χ3n) is 6.19. The highest BCUT2D eigenvalue weighted by molar-refractivity contribution is 5.40. The van der Waals surface area contributed by atoms with Gasteiger partial charge in [-0.25, -0.2) is 4.39 Å². The summed E-state index contributed by atoms with van der Waals surface area (Å²) in [5, 5.41) is 10.1. The molecule has 0 aromatic heterocycles. The minimum atomic E-state index is -0.707. The fourth-order valence-corrected chi connectivity index (χ4v) is 4.72. The highest BCUT2D eigenvalue weighted by atomic mass is 19.1. The lowest BCUT2D eigenvalue weighted by atomic mass is 9.76. The van der Waals surface area contributed by atoms with Crippen molar-refractivity contribution in [1.82, 2.24) is 0 Å². The molecule has 2 nitrogen and oxygen atoms in total. The molecule has 0 saturated heterocycles. The van der Waals surface area contributed by atoms with Gasteiger partial charge >= 0.3 is 0 Å². The van der Waals surface area contributed by atoms with E-state index in [2.05, 4.69) is 6.92 Å². The summed E-state index contributed by atoms with van der Waals surface area (Å²) in [6.07, 6.45) is 10.7. The van der Waals surface area contributed by atoms with Gasteiger partial charge in [0.25, 0.3) is 0 Å². The monoisotopic (exact) mass is 348 g/mol. The van der Waals surface area contributed by atoms with Crippen LogP contribution in [0.25, 0.3) is 0 Å². The normalized spacial score (nSPS) is 27.4. The molecule has 1 aliphatic heterocycles. The second-order valence-electron chi connectivity index (χ2n) is 8.05. The van der Waals surface area contributed by atoms with Crippen molar-refractivity contribution < 1.29 is 14.2 Å². The first-order valence-electron chi connectivity index (χ1n) is 10.3. The number of hydrogen-bond donors (Lipinski definition) is 1. The maximum atomic E-state index is 14.4. The molecule has 140 valence electrons. The molecule has 1 saturated carbocycles. The Morgan fingerprint density at radius 1 is 1.12 bits per heavy atom. The number of aliphatic hydroxyl groups excluding tert-OH is 1. The van der Waals surface area contributed by atoms with Crippen molar-refractivity contribution in [2.45, 2.75) is 90.3 Å². The molecule has 2 aliphatic rings. The van der Waals surface area contributed by atoms with Crippen molar-refractivity contribution in [1.29, 1.82) is 0 Å². The molecule has 1 aliphatic carbocycles. The maximum Gasteiger partial charge on any atom is 0.132 e. The number of halogens is 1. The average Bonchev–Trinajstić information content (AvgIpc) is 2.62. The van der Waals surface area contributed by atoms with Crippen molar-refractivity contribution >= 4 is 0 Å². The van der Waals surface area contributed by atoms with Gasteiger partial charge in [-0.1, -0.05) is 46.0 Å². The van der Waals surface area contributed by atoms with E-state index in [1.54, 1.807) is 0 Å². The first kappa shape index (κ1) is 18.7. The van der Waals surface area contributed by atoms with E-state index in [-0.39, 0.29) is 11.9 Å². The number of fused-ring (bicyclic) bond motifs is 1. The van der Waals surface area contributed by atoms with Gasteiger partial charge in [0.2, 0.25) is 0 Å². The molecule has 0 amide bonds. The first-order valence-corrected chi connectivity index (χ1v) is 10.3. The molecule has 2 atom stereocenters. The SMILES string of the molecule is CCCC1CCC(C2CCc3cc(C(O)CCC)c(F)cc3O2)CC1. The van der Waals surface area contributed by atoms with Crippen molar-refractivity contribution in [3.63, 3.8) is 0 Å². The van der Waals surface area contributed by atoms with Crippen molar-refractivity contribution in [2.75, 3.05) is 0 Å². The van der Waals surface area contributed by atoms with Gasteiger partial charge in [0, 0.05) is 11.6 Å². The minimum absolute atomic E-state index is 0.237. The second kappa shape index (κ2) is 8.53. The number of rotatable bonds is 6. The number of hydrogen-bond acceptors (Lipinski definition) is 2. The van der Waals surface area contributed by atoms with Crippen LogP contribution in [-0.4, -0.2) is 11.2 Å². The molecule has 2 unspecified atom stereocenters. The number of benzene rings is 1. The van der Waals surface area contributed by atoms with Crippen LogP contribution in [-0.2, 0) is 6.42 Å². The van der Waals surface area contributed by atoms with Crippen molar-refractivity contribution in [3.05, 3.63) is 29.1 Å². The Morgan fingerprint density at radius 3 is 2.56 bits per heavy atom. The van der Waals surface area contributed by atoms with E-state index < -0.39 is 6.10 Å². The Labute approximate surface area is 151 Å². The fraction of sp³-hybridized carbons (Fsp3) is 0.727. The zero-order chi connectivity index (χ0) is 17.8. The van der Waals surface area contributed by atoms with E-state index in [4.69, 9.17) is 4.74 Å². The molecule has 0 spiro atoms. The number of aryl methyl sites for hydroxylation is 1. The van der Waals surface area contributed by atoms with E-state index in [1.165, 1.54) is 44.6 Å². The van der Waals surface area contributed by atoms with Gasteiger partial charge in [-0.15, -0.1) is 0 Å². The highest BCUT2D eigenvalue weighted by Gasteiger charge is 2.32. The van der Waals surface area contributed by atoms with Crippen LogP contribution in [0.4, 0.5) is 4.39 Å². The molecule has 1 N–H and O–H groups in total. The van der Waals surface area contributed by atoms with Crippen LogP contribution < -0.4 is 4.74 Å². The predicted octanol–water partition coefficient (Wildman–Crippen LogP) is 5.96. The van der Waals surface area contributed by atoms with E-state index in [0.717, 1.165) is 30.7 Å². The molecule has 0 bridgehead atoms. The number of ether oxygens (including phenoxy) is 1. The van der Waals surface area contributed by atoms with Crippen LogP contribution in [0, 0.1) is 17.7 Å². The molecule has 1 aromatic carbocycles. The predicted molar refractivity (Wildman–Crippen MR) is 99.4 cm³/mol. The summed E-state index contributed by atoms with van der Waals surface area (Å²) in [6.45, 7) is 4.27. The first-order chi connectivity index (χ1) is 12.1. The van der Waals surface area contributed by atoms with Crippen LogP contribution >= 0.6 is 0 Å². The minimum Gasteiger partial charge on any atom is -0.490 e. The van der Waals surface area contributed by atoms with Gasteiger partial charge in [-0.05, 0) is 55.6 Å². The highest BCUT2D eigenvalue weighted by Crippen LogP contribution is 2.40. The molecule has 0 radical (unpaired) electrons. The van der Waals surface area contributed by atoms with E-state index in [1.807, 2.05) is 13.0 Å². The Kier molecular flexibility index (Phi) is 6.38. The zero-order valence-corrected chi connectivity index (χ0v) is 15.8. The summed E-state index contributed by atoms with van der Waals surface area (Å²) in [5.41, 5.74) is 1.49. The van der Waals surface area contributed by atoms with Gasteiger partial charge in [0.1, 0.15) is 17.7 Å². The lowest BCUT2D eigenvalue weighted by molar-refractivity contribution is 0.0751. The van der Waals surface area contributed by atoms with Gasteiger partial charge in [0.15, 0.2) is 0 Å². The molecule has 1 aromatic rings. The third-order valence-corrected chi connectivity index (χ3v) is 6.19. The number of aliphatic hydroxyl groups is 1. The molecule has 3 rings (SSSR count). The summed E-state index contributed by atoms with van der Waals surface area (Å²) in [4.78, 5) is 0. The fourth-order valence-electron chi connectivity index (χ4n) is 4.72. The summed E-state index contributed by atoms with van der Waals surface area (Å²) in [7, 11) is 0. The molecular formula is C22H33FO2. The van der Waals surface area contributed by atoms with Crippen LogP contribution in [0.2, 0.25) is 0 Å². The topological polar surface area (TPSA) is 29.5 Å². The van der Waals surface area contributed by atoms with Crippen molar-refractivity contribution in [2.24, 2.45) is 11.8 Å². The van der Waals surface area contributed by atoms with E-state index >= 15 is 0 Å². The van der Waals surface area contributed by atoms with Gasteiger partial charge in [-0.2, -0.15) is 0 Å². The quantitative estimate of drug-likeness (QED) is 0.687. The maximum absolute atomic E-state index is 14.4. The Bertz CT molecular complexity index is 563. The summed E-state index contributed by atoms with van der Waals surface area (Å²) >= 11 is 0. The summed E-state index contributed by atoms with van der Waals surface area (Å²) in [5.74, 6) is 1.90.